The highest BCUT2D eigenvalue weighted by Gasteiger charge is 2.78. The second-order valence-electron chi connectivity index (χ2n) is 10.0. The number of hydrogen-bond acceptors (Lipinski definition) is 14. The van der Waals surface area contributed by atoms with Crippen molar-refractivity contribution in [2.45, 2.75) is 68.7 Å². The largest absolute Gasteiger partial charge is 0.472 e. The topological polar surface area (TPSA) is 200 Å². The van der Waals surface area contributed by atoms with Crippen molar-refractivity contribution in [3.05, 3.63) is 42.2 Å². The molecule has 218 valence electrons. The minimum atomic E-state index is -1.68. The fourth-order valence-corrected chi connectivity index (χ4v) is 5.50. The van der Waals surface area contributed by atoms with Crippen molar-refractivity contribution in [2.24, 2.45) is 11.8 Å². The van der Waals surface area contributed by atoms with E-state index >= 15 is 0 Å². The zero-order valence-electron chi connectivity index (χ0n) is 21.5. The molecule has 3 heterocycles. The van der Waals surface area contributed by atoms with Crippen molar-refractivity contribution in [3.8, 4) is 5.75 Å². The normalized spacial score (nSPS) is 39.4. The van der Waals surface area contributed by atoms with E-state index in [1.54, 1.807) is 6.08 Å². The maximum atomic E-state index is 13.0. The molecule has 1 aromatic rings. The third-order valence-corrected chi connectivity index (χ3v) is 7.45. The van der Waals surface area contributed by atoms with Gasteiger partial charge in [-0.3, -0.25) is 9.59 Å². The quantitative estimate of drug-likeness (QED) is 0.166. The highest BCUT2D eigenvalue weighted by atomic mass is 16.8. The molecule has 4 N–H and O–H groups in total. The maximum absolute atomic E-state index is 13.0. The van der Waals surface area contributed by atoms with Crippen LogP contribution in [0.1, 0.15) is 24.2 Å². The predicted octanol–water partition coefficient (Wildman–Crippen LogP) is -1.23. The SMILES string of the molecule is CC(=O)OCC12OC1C(OC(=O)c1ccc(OC(C)=O)cc1)C1C=COC(O[C@@H]3O[C@H](CO)[C@@H](O)[C@H](O)[C@H]3O)C12. The van der Waals surface area contributed by atoms with Gasteiger partial charge in [0.15, 0.2) is 6.29 Å². The second-order valence-corrected chi connectivity index (χ2v) is 10.0. The van der Waals surface area contributed by atoms with E-state index in [2.05, 4.69) is 0 Å². The molecule has 40 heavy (non-hydrogen) atoms. The van der Waals surface area contributed by atoms with E-state index in [0.29, 0.717) is 0 Å². The summed E-state index contributed by atoms with van der Waals surface area (Å²) in [6.45, 7) is 1.64. The van der Waals surface area contributed by atoms with Gasteiger partial charge in [0.05, 0.1) is 24.4 Å². The molecule has 6 unspecified atom stereocenters. The third-order valence-electron chi connectivity index (χ3n) is 7.45. The highest BCUT2D eigenvalue weighted by molar-refractivity contribution is 5.89. The summed E-state index contributed by atoms with van der Waals surface area (Å²) in [5.41, 5.74) is -0.972. The summed E-state index contributed by atoms with van der Waals surface area (Å²) in [5, 5.41) is 40.2. The molecule has 0 aromatic heterocycles. The van der Waals surface area contributed by atoms with Crippen LogP contribution in [0.5, 0.6) is 5.75 Å². The summed E-state index contributed by atoms with van der Waals surface area (Å²) in [4.78, 5) is 35.8. The van der Waals surface area contributed by atoms with Crippen LogP contribution >= 0.6 is 0 Å². The van der Waals surface area contributed by atoms with Crippen LogP contribution in [0.3, 0.4) is 0 Å². The lowest BCUT2D eigenvalue weighted by Gasteiger charge is -2.43. The molecule has 1 saturated carbocycles. The molecule has 3 fully saturated rings. The molecule has 5 rings (SSSR count). The number of carbonyl (C=O) groups is 3. The van der Waals surface area contributed by atoms with Gasteiger partial charge in [-0.2, -0.15) is 0 Å². The third kappa shape index (κ3) is 5.19. The first kappa shape index (κ1) is 28.4. The number of epoxide rings is 1. The Morgan fingerprint density at radius 1 is 0.975 bits per heavy atom. The summed E-state index contributed by atoms with van der Waals surface area (Å²) in [6, 6.07) is 5.79. The average molecular weight is 567 g/mol. The molecular weight excluding hydrogens is 536 g/mol. The van der Waals surface area contributed by atoms with E-state index in [9.17, 15) is 34.8 Å². The number of hydrogen-bond donors (Lipinski definition) is 4. The monoisotopic (exact) mass is 566 g/mol. The lowest BCUT2D eigenvalue weighted by atomic mass is 9.85. The van der Waals surface area contributed by atoms with Crippen molar-refractivity contribution in [1.82, 2.24) is 0 Å². The van der Waals surface area contributed by atoms with Crippen molar-refractivity contribution < 1.29 is 68.0 Å². The molecule has 1 aromatic carbocycles. The van der Waals surface area contributed by atoms with Gasteiger partial charge < -0.3 is 53.6 Å². The lowest BCUT2D eigenvalue weighted by Crippen LogP contribution is -2.60. The Kier molecular flexibility index (Phi) is 7.85. The second kappa shape index (κ2) is 11.0. The summed E-state index contributed by atoms with van der Waals surface area (Å²) in [7, 11) is 0. The zero-order chi connectivity index (χ0) is 28.8. The van der Waals surface area contributed by atoms with E-state index in [1.165, 1.54) is 44.4 Å². The Morgan fingerprint density at radius 3 is 2.35 bits per heavy atom. The van der Waals surface area contributed by atoms with Crippen LogP contribution < -0.4 is 4.74 Å². The number of benzene rings is 1. The molecule has 14 heteroatoms. The fraction of sp³-hybridized carbons (Fsp3) is 0.577. The van der Waals surface area contributed by atoms with E-state index in [-0.39, 0.29) is 17.9 Å². The minimum Gasteiger partial charge on any atom is -0.472 e. The Labute approximate surface area is 227 Å². The van der Waals surface area contributed by atoms with Crippen LogP contribution in [0.15, 0.2) is 36.6 Å². The number of aliphatic hydroxyl groups excluding tert-OH is 4. The van der Waals surface area contributed by atoms with Crippen LogP contribution in [0.4, 0.5) is 0 Å². The molecule has 3 aliphatic heterocycles. The van der Waals surface area contributed by atoms with Gasteiger partial charge in [-0.15, -0.1) is 0 Å². The number of rotatable bonds is 8. The number of fused-ring (bicyclic) bond motifs is 3. The van der Waals surface area contributed by atoms with Crippen molar-refractivity contribution >= 4 is 17.9 Å². The highest BCUT2D eigenvalue weighted by Crippen LogP contribution is 2.61. The molecule has 2 saturated heterocycles. The van der Waals surface area contributed by atoms with Gasteiger partial charge in [-0.1, -0.05) is 0 Å². The van der Waals surface area contributed by atoms with Gasteiger partial charge in [0.2, 0.25) is 6.29 Å². The maximum Gasteiger partial charge on any atom is 0.338 e. The Morgan fingerprint density at radius 2 is 1.70 bits per heavy atom. The Bertz CT molecular complexity index is 1150. The standard InChI is InChI=1S/C26H30O14/c1-11(28)35-10-26-17-15(7-8-34-24(17)39-25-20(32)19(31)18(30)16(9-27)37-25)21(22(26)40-26)38-23(33)13-3-5-14(6-4-13)36-12(2)29/h3-8,15-22,24-25,27,30-32H,9-10H2,1-2H3/t15?,16-,17?,18-,19+,20-,21?,22?,24?,25+,26?/m1/s1. The molecule has 0 spiro atoms. The number of aliphatic hydroxyl groups is 4. The van der Waals surface area contributed by atoms with Gasteiger partial charge >= 0.3 is 17.9 Å². The smallest absolute Gasteiger partial charge is 0.338 e. The van der Waals surface area contributed by atoms with E-state index in [4.69, 9.17) is 33.2 Å². The van der Waals surface area contributed by atoms with Gasteiger partial charge in [0.1, 0.15) is 54.6 Å². The first-order chi connectivity index (χ1) is 19.1. The van der Waals surface area contributed by atoms with Crippen LogP contribution in [0.2, 0.25) is 0 Å². The first-order valence-electron chi connectivity index (χ1n) is 12.6. The molecule has 4 aliphatic rings. The fourth-order valence-electron chi connectivity index (χ4n) is 5.50. The van der Waals surface area contributed by atoms with Gasteiger partial charge in [0.25, 0.3) is 0 Å². The first-order valence-corrected chi connectivity index (χ1v) is 12.6. The van der Waals surface area contributed by atoms with Crippen LogP contribution in [0, 0.1) is 11.8 Å². The summed E-state index contributed by atoms with van der Waals surface area (Å²) in [6.07, 6.45) is -7.39. The summed E-state index contributed by atoms with van der Waals surface area (Å²) >= 11 is 0. The summed E-state index contributed by atoms with van der Waals surface area (Å²) in [5.74, 6) is -2.75. The molecule has 1 aliphatic carbocycles. The van der Waals surface area contributed by atoms with Gasteiger partial charge in [-0.25, -0.2) is 4.79 Å². The zero-order valence-corrected chi connectivity index (χ0v) is 21.5. The van der Waals surface area contributed by atoms with E-state index in [0.717, 1.165) is 0 Å². The summed E-state index contributed by atoms with van der Waals surface area (Å²) < 4.78 is 39.1. The molecular formula is C26H30O14. The van der Waals surface area contributed by atoms with Crippen LogP contribution in [-0.2, 0) is 38.0 Å². The number of esters is 3. The van der Waals surface area contributed by atoms with E-state index < -0.39 is 91.2 Å². The Balaban J connectivity index is 1.36. The molecule has 11 atom stereocenters. The van der Waals surface area contributed by atoms with Crippen LogP contribution in [0.25, 0.3) is 0 Å². The van der Waals surface area contributed by atoms with Crippen LogP contribution in [-0.4, -0.2) is 106 Å². The van der Waals surface area contributed by atoms with Crippen molar-refractivity contribution in [1.29, 1.82) is 0 Å². The van der Waals surface area contributed by atoms with Gasteiger partial charge in [0, 0.05) is 19.8 Å². The van der Waals surface area contributed by atoms with Gasteiger partial charge in [-0.05, 0) is 30.3 Å². The Hall–Kier alpha value is -3.11. The molecule has 14 nitrogen and oxygen atoms in total. The molecule has 0 amide bonds. The average Bonchev–Trinajstić information content (AvgIpc) is 3.59. The van der Waals surface area contributed by atoms with E-state index in [1.807, 2.05) is 0 Å². The minimum absolute atomic E-state index is 0.191. The van der Waals surface area contributed by atoms with Crippen molar-refractivity contribution in [3.63, 3.8) is 0 Å². The molecule has 0 bridgehead atoms. The number of carbonyl (C=O) groups excluding carboxylic acids is 3. The predicted molar refractivity (Wildman–Crippen MR) is 127 cm³/mol. The number of ether oxygens (including phenoxy) is 7. The lowest BCUT2D eigenvalue weighted by molar-refractivity contribution is -0.344. The molecule has 0 radical (unpaired) electrons. The van der Waals surface area contributed by atoms with Crippen molar-refractivity contribution in [2.75, 3.05) is 13.2 Å².